The fourth-order valence-electron chi connectivity index (χ4n) is 4.91. The highest BCUT2D eigenvalue weighted by molar-refractivity contribution is 6.18. The fourth-order valence-corrected chi connectivity index (χ4v) is 5.21. The molecule has 0 radical (unpaired) electrons. The highest BCUT2D eigenvalue weighted by Crippen LogP contribution is 2.30. The predicted molar refractivity (Wildman–Crippen MR) is 158 cm³/mol. The zero-order valence-electron chi connectivity index (χ0n) is 21.1. The average molecular weight is 567 g/mol. The number of hydrogen-bond acceptors (Lipinski definition) is 4. The Hall–Kier alpha value is -3.07. The molecule has 0 fully saturated rings. The van der Waals surface area contributed by atoms with E-state index in [2.05, 4.69) is 83.5 Å². The van der Waals surface area contributed by atoms with Crippen LogP contribution in [0.25, 0.3) is 11.1 Å². The third-order valence-electron chi connectivity index (χ3n) is 6.94. The topological polar surface area (TPSA) is 49.1 Å². The second-order valence-corrected chi connectivity index (χ2v) is 9.59. The maximum Gasteiger partial charge on any atom is 0.120 e. The number of nitriles is 1. The molecule has 5 rings (SSSR count). The van der Waals surface area contributed by atoms with E-state index in [-0.39, 0.29) is 30.9 Å². The molecular formula is C31H30Cl3N3O. The van der Waals surface area contributed by atoms with Gasteiger partial charge in [0, 0.05) is 37.4 Å². The normalized spacial score (nSPS) is 14.4. The van der Waals surface area contributed by atoms with Gasteiger partial charge in [-0.3, -0.25) is 9.88 Å². The summed E-state index contributed by atoms with van der Waals surface area (Å²) in [4.78, 5) is 6.58. The van der Waals surface area contributed by atoms with Crippen molar-refractivity contribution < 1.29 is 4.74 Å². The number of fused-ring (bicyclic) bond motifs is 1. The summed E-state index contributed by atoms with van der Waals surface area (Å²) in [5.74, 6) is 1.43. The lowest BCUT2D eigenvalue weighted by Crippen LogP contribution is -2.41. The maximum atomic E-state index is 9.21. The van der Waals surface area contributed by atoms with Gasteiger partial charge >= 0.3 is 0 Å². The molecular weight excluding hydrogens is 537 g/mol. The van der Waals surface area contributed by atoms with Crippen molar-refractivity contribution in [2.75, 3.05) is 5.88 Å². The van der Waals surface area contributed by atoms with Crippen LogP contribution in [-0.4, -0.2) is 21.8 Å². The quantitative estimate of drug-likeness (QED) is 0.217. The summed E-state index contributed by atoms with van der Waals surface area (Å²) in [6, 6.07) is 27.6. The summed E-state index contributed by atoms with van der Waals surface area (Å²) in [7, 11) is 0. The third kappa shape index (κ3) is 6.67. The summed E-state index contributed by atoms with van der Waals surface area (Å²) in [6.45, 7) is 4.17. The Labute approximate surface area is 242 Å². The van der Waals surface area contributed by atoms with E-state index in [0.29, 0.717) is 24.6 Å². The van der Waals surface area contributed by atoms with Crippen LogP contribution in [0.15, 0.2) is 85.2 Å². The van der Waals surface area contributed by atoms with E-state index in [1.54, 1.807) is 6.20 Å². The summed E-state index contributed by atoms with van der Waals surface area (Å²) in [6.07, 6.45) is 4.31. The van der Waals surface area contributed by atoms with E-state index in [1.807, 2.05) is 18.3 Å². The van der Waals surface area contributed by atoms with Gasteiger partial charge in [-0.15, -0.1) is 36.4 Å². The maximum absolute atomic E-state index is 9.21. The van der Waals surface area contributed by atoms with Gasteiger partial charge in [0.25, 0.3) is 0 Å². The lowest BCUT2D eigenvalue weighted by Gasteiger charge is -2.36. The molecule has 1 aliphatic heterocycles. The van der Waals surface area contributed by atoms with E-state index in [9.17, 15) is 5.26 Å². The molecule has 0 bridgehead atoms. The first kappa shape index (κ1) is 29.5. The molecule has 4 aromatic rings. The first-order chi connectivity index (χ1) is 17.6. The molecule has 0 aliphatic carbocycles. The van der Waals surface area contributed by atoms with Crippen LogP contribution in [0.3, 0.4) is 0 Å². The van der Waals surface area contributed by atoms with Gasteiger partial charge < -0.3 is 4.74 Å². The van der Waals surface area contributed by atoms with Crippen molar-refractivity contribution in [3.63, 3.8) is 0 Å². The van der Waals surface area contributed by atoms with Crippen molar-refractivity contribution in [1.82, 2.24) is 9.88 Å². The number of alkyl halides is 1. The number of halogens is 3. The second kappa shape index (κ2) is 13.6. The Morgan fingerprint density at radius 2 is 1.82 bits per heavy atom. The number of rotatable bonds is 7. The monoisotopic (exact) mass is 565 g/mol. The minimum atomic E-state index is 0. The Morgan fingerprint density at radius 1 is 1.00 bits per heavy atom. The molecule has 196 valence electrons. The lowest BCUT2D eigenvalue weighted by molar-refractivity contribution is 0.177. The molecule has 0 spiro atoms. The van der Waals surface area contributed by atoms with Crippen LogP contribution < -0.4 is 4.74 Å². The zero-order valence-corrected chi connectivity index (χ0v) is 23.5. The minimum Gasteiger partial charge on any atom is -0.489 e. The van der Waals surface area contributed by atoms with Gasteiger partial charge in [-0.05, 0) is 70.5 Å². The van der Waals surface area contributed by atoms with Gasteiger partial charge in [0.15, 0.2) is 0 Å². The van der Waals surface area contributed by atoms with Crippen LogP contribution in [0, 0.1) is 18.3 Å². The van der Waals surface area contributed by atoms with Crippen molar-refractivity contribution >= 4 is 36.4 Å². The van der Waals surface area contributed by atoms with E-state index in [4.69, 9.17) is 16.3 Å². The fraction of sp³-hybridized carbons (Fsp3) is 0.226. The van der Waals surface area contributed by atoms with Gasteiger partial charge in [0.2, 0.25) is 0 Å². The standard InChI is InChI=1S/C31H28ClN3O.2ClH/c1-22-27(8-5-9-31(22)25-6-3-2-4-7-25)21-36-30-11-10-26-13-29(15-32)35(20-28(26)14-30)19-24-12-23(16-33)17-34-18-24;;/h2-12,14,17-18,29H,13,15,19-21H2,1H3;2*1H/t29-;;/m0../s1. The summed E-state index contributed by atoms with van der Waals surface area (Å²) >= 11 is 6.35. The zero-order chi connectivity index (χ0) is 24.9. The number of ether oxygens (including phenoxy) is 1. The Kier molecular flexibility index (Phi) is 10.6. The second-order valence-electron chi connectivity index (χ2n) is 9.29. The number of nitrogens with zero attached hydrogens (tertiary/aromatic N) is 3. The van der Waals surface area contributed by atoms with E-state index in [0.717, 1.165) is 24.3 Å². The highest BCUT2D eigenvalue weighted by Gasteiger charge is 2.26. The molecule has 0 amide bonds. The molecule has 0 saturated carbocycles. The summed E-state index contributed by atoms with van der Waals surface area (Å²) in [5.41, 5.74) is 9.05. The largest absolute Gasteiger partial charge is 0.489 e. The molecule has 0 saturated heterocycles. The van der Waals surface area contributed by atoms with Crippen LogP contribution in [-0.2, 0) is 26.1 Å². The number of aromatic nitrogens is 1. The van der Waals surface area contributed by atoms with Crippen LogP contribution in [0.4, 0.5) is 0 Å². The molecule has 7 heteroatoms. The van der Waals surface area contributed by atoms with Gasteiger partial charge in [0.05, 0.1) is 5.56 Å². The SMILES string of the molecule is Cc1c(COc2ccc3c(c2)CN(Cc2cncc(C#N)c2)[C@H](CCl)C3)cccc1-c1ccccc1.Cl.Cl. The van der Waals surface area contributed by atoms with Gasteiger partial charge in [0.1, 0.15) is 18.4 Å². The van der Waals surface area contributed by atoms with E-state index < -0.39 is 0 Å². The van der Waals surface area contributed by atoms with E-state index in [1.165, 1.54) is 33.4 Å². The van der Waals surface area contributed by atoms with E-state index >= 15 is 0 Å². The molecule has 0 unspecified atom stereocenters. The number of pyridine rings is 1. The predicted octanol–water partition coefficient (Wildman–Crippen LogP) is 7.52. The molecule has 4 nitrogen and oxygen atoms in total. The van der Waals surface area contributed by atoms with Crippen molar-refractivity contribution in [2.45, 2.75) is 39.1 Å². The molecule has 0 N–H and O–H groups in total. The van der Waals surface area contributed by atoms with Crippen LogP contribution in [0.5, 0.6) is 5.75 Å². The molecule has 2 heterocycles. The van der Waals surface area contributed by atoms with Gasteiger partial charge in [-0.1, -0.05) is 54.6 Å². The lowest BCUT2D eigenvalue weighted by atomic mass is 9.94. The number of hydrogen-bond donors (Lipinski definition) is 0. The van der Waals surface area contributed by atoms with Gasteiger partial charge in [-0.25, -0.2) is 0 Å². The van der Waals surface area contributed by atoms with Crippen molar-refractivity contribution in [2.24, 2.45) is 0 Å². The molecule has 1 atom stereocenters. The summed E-state index contributed by atoms with van der Waals surface area (Å²) in [5, 5.41) is 9.21. The molecule has 3 aromatic carbocycles. The van der Waals surface area contributed by atoms with Crippen molar-refractivity contribution in [3.05, 3.63) is 119 Å². The molecule has 38 heavy (non-hydrogen) atoms. The van der Waals surface area contributed by atoms with Crippen LogP contribution >= 0.6 is 36.4 Å². The Bertz CT molecular complexity index is 1410. The minimum absolute atomic E-state index is 0. The molecule has 1 aromatic heterocycles. The summed E-state index contributed by atoms with van der Waals surface area (Å²) < 4.78 is 6.28. The first-order valence-electron chi connectivity index (χ1n) is 12.2. The van der Waals surface area contributed by atoms with Crippen LogP contribution in [0.1, 0.15) is 33.4 Å². The molecule has 1 aliphatic rings. The van der Waals surface area contributed by atoms with Crippen molar-refractivity contribution in [1.29, 1.82) is 5.26 Å². The third-order valence-corrected chi connectivity index (χ3v) is 7.29. The highest BCUT2D eigenvalue weighted by atomic mass is 35.5. The Morgan fingerprint density at radius 3 is 2.58 bits per heavy atom. The average Bonchev–Trinajstić information content (AvgIpc) is 2.92. The Balaban J connectivity index is 0.00000200. The number of benzene rings is 3. The first-order valence-corrected chi connectivity index (χ1v) is 12.7. The smallest absolute Gasteiger partial charge is 0.120 e. The van der Waals surface area contributed by atoms with Crippen molar-refractivity contribution in [3.8, 4) is 22.9 Å². The van der Waals surface area contributed by atoms with Crippen LogP contribution in [0.2, 0.25) is 0 Å². The van der Waals surface area contributed by atoms with Gasteiger partial charge in [-0.2, -0.15) is 5.26 Å².